The molecule has 3 aliphatic rings. The molecule has 3 aromatic rings. The molecule has 11 nitrogen and oxygen atoms in total. The molecule has 3 fully saturated rings. The second kappa shape index (κ2) is 12.9. The summed E-state index contributed by atoms with van der Waals surface area (Å²) < 4.78 is 29.7. The summed E-state index contributed by atoms with van der Waals surface area (Å²) in [5.74, 6) is -0.679. The first-order valence-electron chi connectivity index (χ1n) is 15.1. The van der Waals surface area contributed by atoms with E-state index in [2.05, 4.69) is 34.3 Å². The molecular formula is C30H42F2N8O3. The van der Waals surface area contributed by atoms with Crippen molar-refractivity contribution in [2.75, 3.05) is 37.8 Å². The van der Waals surface area contributed by atoms with Gasteiger partial charge in [0.2, 0.25) is 11.8 Å². The summed E-state index contributed by atoms with van der Waals surface area (Å²) in [5.41, 5.74) is 7.71. The Labute approximate surface area is 249 Å². The molecule has 234 valence electrons. The number of nitrogens with two attached hydrogens (primary N) is 1. The second-order valence-electron chi connectivity index (χ2n) is 12.0. The number of piperidine rings is 2. The number of anilines is 2. The summed E-state index contributed by atoms with van der Waals surface area (Å²) >= 11 is 0. The van der Waals surface area contributed by atoms with Gasteiger partial charge in [-0.25, -0.2) is 13.6 Å². The average molecular weight is 601 g/mol. The van der Waals surface area contributed by atoms with Gasteiger partial charge in [0, 0.05) is 38.8 Å². The Morgan fingerprint density at radius 3 is 2.33 bits per heavy atom. The molecule has 2 aliphatic heterocycles. The van der Waals surface area contributed by atoms with E-state index in [0.717, 1.165) is 68.3 Å². The van der Waals surface area contributed by atoms with E-state index in [4.69, 9.17) is 5.73 Å². The Kier molecular flexibility index (Phi) is 9.19. The molecule has 2 amide bonds. The lowest BCUT2D eigenvalue weighted by Crippen LogP contribution is -2.44. The van der Waals surface area contributed by atoms with E-state index in [1.54, 1.807) is 20.9 Å². The molecule has 1 saturated carbocycles. The molecule has 2 aromatic heterocycles. The second-order valence-corrected chi connectivity index (χ2v) is 12.0. The number of alkyl halides is 2. The van der Waals surface area contributed by atoms with Crippen molar-refractivity contribution in [1.82, 2.24) is 29.1 Å². The van der Waals surface area contributed by atoms with Crippen LogP contribution in [-0.4, -0.2) is 68.9 Å². The standard InChI is InChI=1S/C20H27N5O3.C10H15F2N3/c1-22(2)13-9-11-24(12-10-13)14-5-4-6-15-18(14)23(3)20(28)25(15)16-7-8-17(26)21-19(16)27;11-10(12)9-8(13)6-15(14-9)7-4-2-1-3-5-7/h4-6,13,16H,7-12H2,1-3H3,(H,21,26,27);6-7,10H,1-5,13H2. The van der Waals surface area contributed by atoms with Crippen LogP contribution in [0.25, 0.3) is 11.0 Å². The first kappa shape index (κ1) is 30.7. The van der Waals surface area contributed by atoms with Crippen molar-refractivity contribution in [3.8, 4) is 0 Å². The summed E-state index contributed by atoms with van der Waals surface area (Å²) in [7, 11) is 5.98. The fourth-order valence-electron chi connectivity index (χ4n) is 6.65. The van der Waals surface area contributed by atoms with Crippen LogP contribution < -0.4 is 21.6 Å². The lowest BCUT2D eigenvalue weighted by atomic mass is 9.96. The van der Waals surface area contributed by atoms with Gasteiger partial charge < -0.3 is 15.5 Å². The zero-order valence-electron chi connectivity index (χ0n) is 25.1. The van der Waals surface area contributed by atoms with Gasteiger partial charge in [0.15, 0.2) is 5.69 Å². The third kappa shape index (κ3) is 6.31. The number of halogens is 2. The van der Waals surface area contributed by atoms with Crippen molar-refractivity contribution in [2.24, 2.45) is 7.05 Å². The maximum Gasteiger partial charge on any atom is 0.329 e. The number of benzene rings is 1. The molecule has 1 aliphatic carbocycles. The Morgan fingerprint density at radius 2 is 1.72 bits per heavy atom. The Balaban J connectivity index is 0.000000207. The molecule has 1 atom stereocenters. The molecule has 1 aromatic carbocycles. The van der Waals surface area contributed by atoms with Gasteiger partial charge in [0.1, 0.15) is 6.04 Å². The zero-order valence-corrected chi connectivity index (χ0v) is 25.1. The number of amides is 2. The maximum absolute atomic E-state index is 13.0. The predicted octanol–water partition coefficient (Wildman–Crippen LogP) is 3.76. The number of rotatable bonds is 5. The highest BCUT2D eigenvalue weighted by atomic mass is 19.3. The van der Waals surface area contributed by atoms with Crippen LogP contribution in [0.3, 0.4) is 0 Å². The number of imide groups is 1. The summed E-state index contributed by atoms with van der Waals surface area (Å²) in [5, 5.41) is 6.24. The number of carbonyl (C=O) groups excluding carboxylic acids is 2. The molecular weight excluding hydrogens is 558 g/mol. The summed E-state index contributed by atoms with van der Waals surface area (Å²) in [6.07, 6.45) is 7.27. The topological polar surface area (TPSA) is 123 Å². The highest BCUT2D eigenvalue weighted by Crippen LogP contribution is 2.32. The van der Waals surface area contributed by atoms with Gasteiger partial charge in [-0.2, -0.15) is 5.10 Å². The van der Waals surface area contributed by atoms with Crippen LogP contribution in [0.2, 0.25) is 0 Å². The predicted molar refractivity (Wildman–Crippen MR) is 161 cm³/mol. The lowest BCUT2D eigenvalue weighted by Gasteiger charge is -2.36. The quantitative estimate of drug-likeness (QED) is 0.428. The van der Waals surface area contributed by atoms with E-state index in [1.165, 1.54) is 12.6 Å². The highest BCUT2D eigenvalue weighted by Gasteiger charge is 2.32. The number of hydrogen-bond acceptors (Lipinski definition) is 7. The van der Waals surface area contributed by atoms with Crippen LogP contribution >= 0.6 is 0 Å². The third-order valence-corrected chi connectivity index (χ3v) is 9.08. The maximum atomic E-state index is 13.0. The number of aryl methyl sites for hydroxylation is 1. The smallest absolute Gasteiger partial charge is 0.329 e. The van der Waals surface area contributed by atoms with Crippen molar-refractivity contribution < 1.29 is 18.4 Å². The number of nitrogen functional groups attached to an aromatic ring is 1. The van der Waals surface area contributed by atoms with Crippen LogP contribution in [0, 0.1) is 0 Å². The van der Waals surface area contributed by atoms with Crippen molar-refractivity contribution in [3.63, 3.8) is 0 Å². The highest BCUT2D eigenvalue weighted by molar-refractivity contribution is 6.00. The van der Waals surface area contributed by atoms with Gasteiger partial charge in [0.25, 0.3) is 6.43 Å². The minimum absolute atomic E-state index is 0.107. The van der Waals surface area contributed by atoms with E-state index in [-0.39, 0.29) is 35.4 Å². The number of para-hydroxylation sites is 1. The summed E-state index contributed by atoms with van der Waals surface area (Å²) in [6.45, 7) is 1.86. The van der Waals surface area contributed by atoms with Crippen LogP contribution in [0.15, 0.2) is 29.2 Å². The minimum Gasteiger partial charge on any atom is -0.396 e. The third-order valence-electron chi connectivity index (χ3n) is 9.08. The van der Waals surface area contributed by atoms with E-state index in [0.29, 0.717) is 12.5 Å². The van der Waals surface area contributed by atoms with E-state index < -0.39 is 18.4 Å². The molecule has 1 unspecified atom stereocenters. The number of fused-ring (bicyclic) bond motifs is 1. The van der Waals surface area contributed by atoms with Gasteiger partial charge in [-0.15, -0.1) is 0 Å². The van der Waals surface area contributed by atoms with E-state index in [9.17, 15) is 23.2 Å². The number of imidazole rings is 1. The SMILES string of the molecule is CN(C)C1CCN(c2cccc3c2n(C)c(=O)n3C2CCC(=O)NC2=O)CC1.Nc1cn(C2CCCCC2)nc1C(F)F. The molecule has 3 N–H and O–H groups in total. The molecule has 6 rings (SSSR count). The monoisotopic (exact) mass is 600 g/mol. The van der Waals surface area contributed by atoms with Crippen LogP contribution in [0.5, 0.6) is 0 Å². The van der Waals surface area contributed by atoms with Gasteiger partial charge in [-0.3, -0.25) is 28.7 Å². The van der Waals surface area contributed by atoms with Crippen molar-refractivity contribution in [1.29, 1.82) is 0 Å². The fraction of sp³-hybridized carbons (Fsp3) is 0.600. The number of nitrogens with one attached hydrogen (secondary N) is 1. The Bertz CT molecular complexity index is 1510. The number of aromatic nitrogens is 4. The Morgan fingerprint density at radius 1 is 1.02 bits per heavy atom. The largest absolute Gasteiger partial charge is 0.396 e. The van der Waals surface area contributed by atoms with Gasteiger partial charge in [-0.05, 0) is 58.3 Å². The van der Waals surface area contributed by atoms with Gasteiger partial charge >= 0.3 is 5.69 Å². The lowest BCUT2D eigenvalue weighted by molar-refractivity contribution is -0.135. The van der Waals surface area contributed by atoms with Gasteiger partial charge in [0.05, 0.1) is 28.5 Å². The van der Waals surface area contributed by atoms with Crippen molar-refractivity contribution in [3.05, 3.63) is 40.6 Å². The molecule has 13 heteroatoms. The number of hydrogen-bond donors (Lipinski definition) is 2. The molecule has 4 heterocycles. The molecule has 0 bridgehead atoms. The first-order chi connectivity index (χ1) is 20.6. The zero-order chi connectivity index (χ0) is 30.8. The molecule has 0 radical (unpaired) electrons. The van der Waals surface area contributed by atoms with E-state index in [1.807, 2.05) is 18.2 Å². The Hall–Kier alpha value is -3.74. The normalized spacial score (nSPS) is 20.5. The number of carbonyl (C=O) groups is 2. The first-order valence-corrected chi connectivity index (χ1v) is 15.1. The number of nitrogens with zero attached hydrogens (tertiary/aromatic N) is 6. The summed E-state index contributed by atoms with van der Waals surface area (Å²) in [4.78, 5) is 41.5. The summed E-state index contributed by atoms with van der Waals surface area (Å²) in [6, 6.07) is 6.06. The molecule has 2 saturated heterocycles. The van der Waals surface area contributed by atoms with Crippen LogP contribution in [0.4, 0.5) is 20.2 Å². The van der Waals surface area contributed by atoms with Gasteiger partial charge in [-0.1, -0.05) is 25.3 Å². The molecule has 0 spiro atoms. The fourth-order valence-corrected chi connectivity index (χ4v) is 6.65. The molecule has 43 heavy (non-hydrogen) atoms. The van der Waals surface area contributed by atoms with Crippen LogP contribution in [0.1, 0.15) is 82.0 Å². The van der Waals surface area contributed by atoms with Crippen molar-refractivity contribution in [2.45, 2.75) is 82.3 Å². The van der Waals surface area contributed by atoms with Crippen molar-refractivity contribution >= 4 is 34.2 Å². The average Bonchev–Trinajstić information content (AvgIpc) is 3.51. The van der Waals surface area contributed by atoms with E-state index >= 15 is 0 Å². The van der Waals surface area contributed by atoms with Crippen LogP contribution in [-0.2, 0) is 16.6 Å². The minimum atomic E-state index is -2.57.